The average Bonchev–Trinajstić information content (AvgIpc) is 3.30. The van der Waals surface area contributed by atoms with Crippen LogP contribution in [0.1, 0.15) is 39.6 Å². The molecule has 0 aliphatic rings. The summed E-state index contributed by atoms with van der Waals surface area (Å²) in [4.78, 5) is 24.0. The molecule has 0 atom stereocenters. The smallest absolute Gasteiger partial charge is 0.291 e. The molecule has 1 aromatic carbocycles. The van der Waals surface area contributed by atoms with Crippen LogP contribution < -0.4 is 10.6 Å². The summed E-state index contributed by atoms with van der Waals surface area (Å²) in [6.07, 6.45) is 2.43. The largest absolute Gasteiger partial charge is 0.459 e. The molecule has 0 spiro atoms. The van der Waals surface area contributed by atoms with Gasteiger partial charge >= 0.3 is 0 Å². The molecule has 0 aliphatic heterocycles. The molecule has 0 radical (unpaired) electrons. The van der Waals surface area contributed by atoms with Crippen molar-refractivity contribution in [2.75, 3.05) is 5.32 Å². The van der Waals surface area contributed by atoms with E-state index in [2.05, 4.69) is 15.8 Å². The van der Waals surface area contributed by atoms with Crippen molar-refractivity contribution in [2.24, 2.45) is 0 Å². The van der Waals surface area contributed by atoms with Crippen molar-refractivity contribution >= 4 is 17.5 Å². The number of carbonyl (C=O) groups is 2. The summed E-state index contributed by atoms with van der Waals surface area (Å²) in [6, 6.07) is 10.5. The lowest BCUT2D eigenvalue weighted by atomic mass is 10.1. The lowest BCUT2D eigenvalue weighted by molar-refractivity contribution is -0.121. The molecule has 27 heavy (non-hydrogen) atoms. The van der Waals surface area contributed by atoms with Crippen LogP contribution in [0.3, 0.4) is 0 Å². The summed E-state index contributed by atoms with van der Waals surface area (Å²) in [5, 5.41) is 9.53. The maximum absolute atomic E-state index is 12.0. The van der Waals surface area contributed by atoms with Gasteiger partial charge in [-0.3, -0.25) is 9.59 Å². The number of furan rings is 1. The fourth-order valence-electron chi connectivity index (χ4n) is 2.69. The second-order valence-corrected chi connectivity index (χ2v) is 6.21. The van der Waals surface area contributed by atoms with Crippen LogP contribution >= 0.6 is 0 Å². The standard InChI is InChI=1S/C20H21N3O4/c1-13-17(14(2)27-23-13)9-10-19(24)21-12-15-5-7-16(8-6-15)22-20(25)18-4-3-11-26-18/h3-8,11H,9-10,12H2,1-2H3,(H,21,24)(H,22,25). The van der Waals surface area contributed by atoms with E-state index in [-0.39, 0.29) is 17.6 Å². The summed E-state index contributed by atoms with van der Waals surface area (Å²) in [5.41, 5.74) is 3.41. The van der Waals surface area contributed by atoms with Gasteiger partial charge in [0.25, 0.3) is 5.91 Å². The van der Waals surface area contributed by atoms with Crippen LogP contribution in [-0.4, -0.2) is 17.0 Å². The molecule has 3 rings (SSSR count). The molecule has 2 amide bonds. The Bertz CT molecular complexity index is 892. The molecule has 3 aromatic rings. The van der Waals surface area contributed by atoms with Gasteiger partial charge < -0.3 is 19.6 Å². The Labute approximate surface area is 156 Å². The Morgan fingerprint density at radius 2 is 1.89 bits per heavy atom. The van der Waals surface area contributed by atoms with Gasteiger partial charge in [-0.15, -0.1) is 0 Å². The molecule has 0 aliphatic carbocycles. The van der Waals surface area contributed by atoms with E-state index in [1.807, 2.05) is 26.0 Å². The predicted octanol–water partition coefficient (Wildman–Crippen LogP) is 3.39. The van der Waals surface area contributed by atoms with Gasteiger partial charge in [0.05, 0.1) is 12.0 Å². The summed E-state index contributed by atoms with van der Waals surface area (Å²) in [5.74, 6) is 0.669. The fourth-order valence-corrected chi connectivity index (χ4v) is 2.69. The molecule has 0 saturated heterocycles. The molecule has 7 nitrogen and oxygen atoms in total. The van der Waals surface area contributed by atoms with Crippen molar-refractivity contribution in [3.05, 3.63) is 71.0 Å². The number of hydrogen-bond donors (Lipinski definition) is 2. The van der Waals surface area contributed by atoms with Crippen LogP contribution in [0.2, 0.25) is 0 Å². The molecular weight excluding hydrogens is 346 g/mol. The van der Waals surface area contributed by atoms with Gasteiger partial charge in [-0.2, -0.15) is 0 Å². The van der Waals surface area contributed by atoms with Crippen molar-refractivity contribution < 1.29 is 18.5 Å². The molecule has 2 N–H and O–H groups in total. The third-order valence-electron chi connectivity index (χ3n) is 4.23. The van der Waals surface area contributed by atoms with Crippen LogP contribution in [0, 0.1) is 13.8 Å². The molecule has 0 unspecified atom stereocenters. The molecule has 0 fully saturated rings. The number of benzene rings is 1. The molecule has 140 valence electrons. The first kappa shape index (κ1) is 18.4. The van der Waals surface area contributed by atoms with Crippen LogP contribution in [-0.2, 0) is 17.8 Å². The predicted molar refractivity (Wildman–Crippen MR) is 99.2 cm³/mol. The van der Waals surface area contributed by atoms with E-state index in [4.69, 9.17) is 8.94 Å². The van der Waals surface area contributed by atoms with Gasteiger partial charge in [-0.05, 0) is 50.1 Å². The SMILES string of the molecule is Cc1noc(C)c1CCC(=O)NCc1ccc(NC(=O)c2ccco2)cc1. The Morgan fingerprint density at radius 3 is 2.52 bits per heavy atom. The van der Waals surface area contributed by atoms with Crippen molar-refractivity contribution in [3.8, 4) is 0 Å². The van der Waals surface area contributed by atoms with E-state index in [1.165, 1.54) is 6.26 Å². The van der Waals surface area contributed by atoms with Crippen molar-refractivity contribution in [1.29, 1.82) is 0 Å². The minimum absolute atomic E-state index is 0.0369. The highest BCUT2D eigenvalue weighted by atomic mass is 16.5. The number of anilines is 1. The van der Waals surface area contributed by atoms with E-state index < -0.39 is 0 Å². The highest BCUT2D eigenvalue weighted by Crippen LogP contribution is 2.15. The zero-order valence-electron chi connectivity index (χ0n) is 15.2. The summed E-state index contributed by atoms with van der Waals surface area (Å²) in [7, 11) is 0. The maximum atomic E-state index is 12.0. The molecule has 2 heterocycles. The first-order valence-corrected chi connectivity index (χ1v) is 8.65. The number of hydrogen-bond acceptors (Lipinski definition) is 5. The van der Waals surface area contributed by atoms with Gasteiger partial charge in [0.2, 0.25) is 5.91 Å². The number of aromatic nitrogens is 1. The third kappa shape index (κ3) is 4.84. The zero-order chi connectivity index (χ0) is 19.2. The van der Waals surface area contributed by atoms with Gasteiger partial charge in [-0.1, -0.05) is 17.3 Å². The topological polar surface area (TPSA) is 97.4 Å². The van der Waals surface area contributed by atoms with E-state index in [9.17, 15) is 9.59 Å². The van der Waals surface area contributed by atoms with Crippen molar-refractivity contribution in [3.63, 3.8) is 0 Å². The molecule has 2 aromatic heterocycles. The first-order chi connectivity index (χ1) is 13.0. The lowest BCUT2D eigenvalue weighted by Gasteiger charge is -2.07. The Balaban J connectivity index is 1.45. The highest BCUT2D eigenvalue weighted by Gasteiger charge is 2.11. The van der Waals surface area contributed by atoms with Crippen LogP contribution in [0.15, 0.2) is 51.6 Å². The number of aryl methyl sites for hydroxylation is 2. The van der Waals surface area contributed by atoms with Crippen LogP contribution in [0.4, 0.5) is 5.69 Å². The normalized spacial score (nSPS) is 10.6. The quantitative estimate of drug-likeness (QED) is 0.667. The second kappa shape index (κ2) is 8.35. The lowest BCUT2D eigenvalue weighted by Crippen LogP contribution is -2.23. The molecule has 0 saturated carbocycles. The first-order valence-electron chi connectivity index (χ1n) is 8.65. The fraction of sp³-hybridized carbons (Fsp3) is 0.250. The van der Waals surface area contributed by atoms with Crippen LogP contribution in [0.5, 0.6) is 0 Å². The van der Waals surface area contributed by atoms with E-state index in [0.717, 1.165) is 22.6 Å². The van der Waals surface area contributed by atoms with Gasteiger partial charge in [-0.25, -0.2) is 0 Å². The molecule has 7 heteroatoms. The van der Waals surface area contributed by atoms with Gasteiger partial charge in [0.1, 0.15) is 5.76 Å². The Morgan fingerprint density at radius 1 is 1.11 bits per heavy atom. The summed E-state index contributed by atoms with van der Waals surface area (Å²) < 4.78 is 10.2. The number of amides is 2. The Kier molecular flexibility index (Phi) is 5.71. The summed E-state index contributed by atoms with van der Waals surface area (Å²) >= 11 is 0. The highest BCUT2D eigenvalue weighted by molar-refractivity contribution is 6.02. The molecule has 0 bridgehead atoms. The van der Waals surface area contributed by atoms with E-state index in [0.29, 0.717) is 25.1 Å². The minimum Gasteiger partial charge on any atom is -0.459 e. The second-order valence-electron chi connectivity index (χ2n) is 6.21. The number of nitrogens with one attached hydrogen (secondary N) is 2. The number of rotatable bonds is 7. The Hall–Kier alpha value is -3.35. The van der Waals surface area contributed by atoms with Crippen molar-refractivity contribution in [2.45, 2.75) is 33.2 Å². The third-order valence-corrected chi connectivity index (χ3v) is 4.23. The van der Waals surface area contributed by atoms with Gasteiger partial charge in [0.15, 0.2) is 5.76 Å². The minimum atomic E-state index is -0.305. The van der Waals surface area contributed by atoms with Crippen molar-refractivity contribution in [1.82, 2.24) is 10.5 Å². The average molecular weight is 367 g/mol. The monoisotopic (exact) mass is 367 g/mol. The summed E-state index contributed by atoms with van der Waals surface area (Å²) in [6.45, 7) is 4.14. The number of carbonyl (C=O) groups excluding carboxylic acids is 2. The zero-order valence-corrected chi connectivity index (χ0v) is 15.2. The van der Waals surface area contributed by atoms with E-state index >= 15 is 0 Å². The van der Waals surface area contributed by atoms with Gasteiger partial charge in [0, 0.05) is 24.2 Å². The van der Waals surface area contributed by atoms with Crippen LogP contribution in [0.25, 0.3) is 0 Å². The van der Waals surface area contributed by atoms with E-state index in [1.54, 1.807) is 24.3 Å². The number of nitrogens with zero attached hydrogens (tertiary/aromatic N) is 1. The molecular formula is C20H21N3O4. The maximum Gasteiger partial charge on any atom is 0.291 e.